The second-order valence-corrected chi connectivity index (χ2v) is 4.52. The van der Waals surface area contributed by atoms with E-state index in [1.54, 1.807) is 12.1 Å². The molecule has 0 spiro atoms. The van der Waals surface area contributed by atoms with Crippen molar-refractivity contribution in [2.45, 2.75) is 39.5 Å². The van der Waals surface area contributed by atoms with Crippen LogP contribution in [-0.4, -0.2) is 12.9 Å². The van der Waals surface area contributed by atoms with Gasteiger partial charge in [0.15, 0.2) is 0 Å². The Morgan fingerprint density at radius 2 is 1.79 bits per heavy atom. The molecule has 0 saturated carbocycles. The number of anilines is 1. The van der Waals surface area contributed by atoms with E-state index in [9.17, 15) is 13.2 Å². The summed E-state index contributed by atoms with van der Waals surface area (Å²) in [5, 5.41) is 3.23. The molecular formula is C14H20F3NO. The van der Waals surface area contributed by atoms with Gasteiger partial charge in [-0.2, -0.15) is 0 Å². The molecule has 0 aliphatic heterocycles. The van der Waals surface area contributed by atoms with Crippen LogP contribution in [0, 0.1) is 5.92 Å². The van der Waals surface area contributed by atoms with Gasteiger partial charge < -0.3 is 10.1 Å². The van der Waals surface area contributed by atoms with Crippen LogP contribution in [0.25, 0.3) is 0 Å². The van der Waals surface area contributed by atoms with Gasteiger partial charge in [-0.1, -0.05) is 26.7 Å². The first-order valence-corrected chi connectivity index (χ1v) is 6.54. The molecular weight excluding hydrogens is 255 g/mol. The first-order chi connectivity index (χ1) is 8.94. The monoisotopic (exact) mass is 275 g/mol. The SMILES string of the molecule is CCCC(CC)CNc1ccc(OC(F)(F)F)cc1. The van der Waals surface area contributed by atoms with Crippen LogP contribution < -0.4 is 10.1 Å². The third kappa shape index (κ3) is 6.36. The van der Waals surface area contributed by atoms with E-state index in [1.807, 2.05) is 0 Å². The molecule has 108 valence electrons. The maximum atomic E-state index is 12.0. The van der Waals surface area contributed by atoms with E-state index in [0.29, 0.717) is 5.92 Å². The van der Waals surface area contributed by atoms with Crippen LogP contribution in [-0.2, 0) is 0 Å². The lowest BCUT2D eigenvalue weighted by Gasteiger charge is -2.16. The number of rotatable bonds is 7. The molecule has 1 aromatic carbocycles. The van der Waals surface area contributed by atoms with Crippen LogP contribution in [0.3, 0.4) is 0 Å². The quantitative estimate of drug-likeness (QED) is 0.770. The molecule has 0 saturated heterocycles. The number of halogens is 3. The van der Waals surface area contributed by atoms with E-state index in [1.165, 1.54) is 12.1 Å². The van der Waals surface area contributed by atoms with Crippen LogP contribution in [0.2, 0.25) is 0 Å². The van der Waals surface area contributed by atoms with Gasteiger partial charge in [0.1, 0.15) is 5.75 Å². The average Bonchev–Trinajstić information content (AvgIpc) is 2.34. The zero-order valence-electron chi connectivity index (χ0n) is 11.3. The topological polar surface area (TPSA) is 21.3 Å². The molecule has 0 aromatic heterocycles. The third-order valence-corrected chi connectivity index (χ3v) is 2.96. The van der Waals surface area contributed by atoms with Crippen molar-refractivity contribution in [3.05, 3.63) is 24.3 Å². The van der Waals surface area contributed by atoms with Crippen molar-refractivity contribution < 1.29 is 17.9 Å². The lowest BCUT2D eigenvalue weighted by molar-refractivity contribution is -0.274. The van der Waals surface area contributed by atoms with Crippen molar-refractivity contribution in [2.75, 3.05) is 11.9 Å². The predicted octanol–water partition coefficient (Wildman–Crippen LogP) is 4.82. The number of benzene rings is 1. The standard InChI is InChI=1S/C14H20F3NO/c1-3-5-11(4-2)10-18-12-6-8-13(9-7-12)19-14(15,16)17/h6-9,11,18H,3-5,10H2,1-2H3. The highest BCUT2D eigenvalue weighted by Crippen LogP contribution is 2.24. The van der Waals surface area contributed by atoms with Crippen molar-refractivity contribution in [1.82, 2.24) is 0 Å². The summed E-state index contributed by atoms with van der Waals surface area (Å²) in [5.41, 5.74) is 0.809. The van der Waals surface area contributed by atoms with E-state index < -0.39 is 6.36 Å². The minimum atomic E-state index is -4.64. The van der Waals surface area contributed by atoms with E-state index in [0.717, 1.165) is 31.5 Å². The van der Waals surface area contributed by atoms with Crippen molar-refractivity contribution >= 4 is 5.69 Å². The fourth-order valence-corrected chi connectivity index (χ4v) is 1.90. The summed E-state index contributed by atoms with van der Waals surface area (Å²) in [6.45, 7) is 5.12. The fourth-order valence-electron chi connectivity index (χ4n) is 1.90. The maximum Gasteiger partial charge on any atom is 0.573 e. The van der Waals surface area contributed by atoms with Gasteiger partial charge in [0, 0.05) is 12.2 Å². The lowest BCUT2D eigenvalue weighted by atomic mass is 10.0. The Kier molecular flexibility index (Phi) is 5.99. The Bertz CT molecular complexity index is 362. The summed E-state index contributed by atoms with van der Waals surface area (Å²) in [5.74, 6) is 0.398. The highest BCUT2D eigenvalue weighted by Gasteiger charge is 2.30. The molecule has 0 fully saturated rings. The van der Waals surface area contributed by atoms with Gasteiger partial charge in [-0.15, -0.1) is 13.2 Å². The minimum absolute atomic E-state index is 0.196. The van der Waals surface area contributed by atoms with Crippen LogP contribution in [0.4, 0.5) is 18.9 Å². The molecule has 0 amide bonds. The number of alkyl halides is 3. The third-order valence-electron chi connectivity index (χ3n) is 2.96. The molecule has 0 aliphatic rings. The zero-order valence-corrected chi connectivity index (χ0v) is 11.3. The van der Waals surface area contributed by atoms with E-state index in [-0.39, 0.29) is 5.75 Å². The zero-order chi connectivity index (χ0) is 14.3. The fraction of sp³-hybridized carbons (Fsp3) is 0.571. The van der Waals surface area contributed by atoms with Gasteiger partial charge in [-0.05, 0) is 36.6 Å². The van der Waals surface area contributed by atoms with Gasteiger partial charge >= 0.3 is 6.36 Å². The van der Waals surface area contributed by atoms with Gasteiger partial charge in [0.05, 0.1) is 0 Å². The molecule has 2 nitrogen and oxygen atoms in total. The Balaban J connectivity index is 2.48. The number of hydrogen-bond acceptors (Lipinski definition) is 2. The molecule has 19 heavy (non-hydrogen) atoms. The molecule has 1 unspecified atom stereocenters. The Morgan fingerprint density at radius 3 is 2.26 bits per heavy atom. The minimum Gasteiger partial charge on any atom is -0.406 e. The Hall–Kier alpha value is -1.39. The Labute approximate surface area is 112 Å². The number of nitrogens with one attached hydrogen (secondary N) is 1. The number of hydrogen-bond donors (Lipinski definition) is 1. The number of ether oxygens (including phenoxy) is 1. The van der Waals surface area contributed by atoms with Crippen LogP contribution in [0.1, 0.15) is 33.1 Å². The largest absolute Gasteiger partial charge is 0.573 e. The normalized spacial score (nSPS) is 13.1. The maximum absolute atomic E-state index is 12.0. The molecule has 1 N–H and O–H groups in total. The second-order valence-electron chi connectivity index (χ2n) is 4.52. The Morgan fingerprint density at radius 1 is 1.16 bits per heavy atom. The molecule has 0 aliphatic carbocycles. The molecule has 1 aromatic rings. The first-order valence-electron chi connectivity index (χ1n) is 6.54. The van der Waals surface area contributed by atoms with Gasteiger partial charge in [0.2, 0.25) is 0 Å². The molecule has 0 heterocycles. The summed E-state index contributed by atoms with van der Waals surface area (Å²) < 4.78 is 39.8. The van der Waals surface area contributed by atoms with E-state index in [2.05, 4.69) is 23.9 Å². The van der Waals surface area contributed by atoms with Crippen molar-refractivity contribution in [3.8, 4) is 5.75 Å². The first kappa shape index (κ1) is 15.7. The molecule has 0 radical (unpaired) electrons. The highest BCUT2D eigenvalue weighted by atomic mass is 19.4. The van der Waals surface area contributed by atoms with Gasteiger partial charge in [0.25, 0.3) is 0 Å². The van der Waals surface area contributed by atoms with Crippen LogP contribution in [0.15, 0.2) is 24.3 Å². The molecule has 1 rings (SSSR count). The van der Waals surface area contributed by atoms with Gasteiger partial charge in [-0.25, -0.2) is 0 Å². The van der Waals surface area contributed by atoms with Crippen molar-refractivity contribution in [1.29, 1.82) is 0 Å². The van der Waals surface area contributed by atoms with Crippen LogP contribution >= 0.6 is 0 Å². The second kappa shape index (κ2) is 7.26. The van der Waals surface area contributed by atoms with Gasteiger partial charge in [-0.3, -0.25) is 0 Å². The predicted molar refractivity (Wildman–Crippen MR) is 70.3 cm³/mol. The van der Waals surface area contributed by atoms with Crippen molar-refractivity contribution in [2.24, 2.45) is 5.92 Å². The molecule has 0 bridgehead atoms. The summed E-state index contributed by atoms with van der Waals surface area (Å²) in [4.78, 5) is 0. The summed E-state index contributed by atoms with van der Waals surface area (Å²) in [7, 11) is 0. The van der Waals surface area contributed by atoms with Crippen molar-refractivity contribution in [3.63, 3.8) is 0 Å². The van der Waals surface area contributed by atoms with E-state index in [4.69, 9.17) is 0 Å². The smallest absolute Gasteiger partial charge is 0.406 e. The highest BCUT2D eigenvalue weighted by molar-refractivity contribution is 5.46. The summed E-state index contributed by atoms with van der Waals surface area (Å²) >= 11 is 0. The lowest BCUT2D eigenvalue weighted by Crippen LogP contribution is -2.17. The average molecular weight is 275 g/mol. The van der Waals surface area contributed by atoms with Crippen LogP contribution in [0.5, 0.6) is 5.75 Å². The summed E-state index contributed by atoms with van der Waals surface area (Å²) in [6, 6.07) is 5.83. The molecule has 1 atom stereocenters. The summed E-state index contributed by atoms with van der Waals surface area (Å²) in [6.07, 6.45) is -1.25. The molecule has 5 heteroatoms. The van der Waals surface area contributed by atoms with E-state index >= 15 is 0 Å².